The van der Waals surface area contributed by atoms with Crippen molar-refractivity contribution in [2.24, 2.45) is 0 Å². The Morgan fingerprint density at radius 1 is 0.500 bits per heavy atom. The lowest BCUT2D eigenvalue weighted by Crippen LogP contribution is -1.87. The molecule has 0 radical (unpaired) electrons. The Morgan fingerprint density at radius 3 is 1.17 bits per heavy atom. The molecule has 0 heterocycles. The number of rotatable bonds is 22. The Balaban J connectivity index is 1.72. The first-order valence-corrected chi connectivity index (χ1v) is 13.6. The first-order valence-electron chi connectivity index (χ1n) is 13.6. The van der Waals surface area contributed by atoms with E-state index in [1.54, 1.807) is 0 Å². The summed E-state index contributed by atoms with van der Waals surface area (Å²) in [6.45, 7) is 6.12. The van der Waals surface area contributed by atoms with Crippen molar-refractivity contribution in [2.45, 2.75) is 142 Å². The Bertz CT molecular complexity index is 469. The molecule has 172 valence electrons. The third kappa shape index (κ3) is 16.7. The van der Waals surface area contributed by atoms with E-state index in [1.165, 1.54) is 146 Å². The number of aryl methyl sites for hydroxylation is 1. The molecule has 0 atom stereocenters. The van der Waals surface area contributed by atoms with Crippen LogP contribution in [-0.4, -0.2) is 0 Å². The van der Waals surface area contributed by atoms with Crippen molar-refractivity contribution in [3.63, 3.8) is 0 Å². The molecule has 0 N–H and O–H groups in total. The standard InChI is InChI=1S/C30H52/c1-3-5-6-7-8-9-10-11-12-13-14-15-16-17-18-19-20-21-22-23-24-30-27-25-29(4-2)26-28-30/h4,25-28H,2-3,5-24H2,1H3. The van der Waals surface area contributed by atoms with Crippen LogP contribution in [0.5, 0.6) is 0 Å². The number of hydrogen-bond donors (Lipinski definition) is 0. The molecular weight excluding hydrogens is 360 g/mol. The van der Waals surface area contributed by atoms with E-state index in [1.807, 2.05) is 6.08 Å². The van der Waals surface area contributed by atoms with E-state index >= 15 is 0 Å². The Hall–Kier alpha value is -1.04. The fraction of sp³-hybridized carbons (Fsp3) is 0.733. The van der Waals surface area contributed by atoms with Crippen molar-refractivity contribution in [1.29, 1.82) is 0 Å². The lowest BCUT2D eigenvalue weighted by atomic mass is 10.0. The normalized spacial score (nSPS) is 11.1. The minimum atomic E-state index is 1.22. The van der Waals surface area contributed by atoms with E-state index in [-0.39, 0.29) is 0 Å². The highest BCUT2D eigenvalue weighted by Gasteiger charge is 1.97. The van der Waals surface area contributed by atoms with E-state index in [0.29, 0.717) is 0 Å². The molecule has 1 rings (SSSR count). The molecule has 0 aliphatic carbocycles. The van der Waals surface area contributed by atoms with Crippen molar-refractivity contribution in [3.05, 3.63) is 42.0 Å². The third-order valence-corrected chi connectivity index (χ3v) is 6.53. The molecule has 0 saturated heterocycles. The summed E-state index contributed by atoms with van der Waals surface area (Å²) in [6.07, 6.45) is 32.1. The van der Waals surface area contributed by atoms with Gasteiger partial charge < -0.3 is 0 Å². The van der Waals surface area contributed by atoms with Crippen LogP contribution in [0.1, 0.15) is 146 Å². The van der Waals surface area contributed by atoms with Crippen molar-refractivity contribution >= 4 is 6.08 Å². The lowest BCUT2D eigenvalue weighted by Gasteiger charge is -2.04. The van der Waals surface area contributed by atoms with Crippen molar-refractivity contribution in [2.75, 3.05) is 0 Å². The molecule has 0 saturated carbocycles. The summed E-state index contributed by atoms with van der Waals surface area (Å²) < 4.78 is 0. The fourth-order valence-electron chi connectivity index (χ4n) is 4.40. The summed E-state index contributed by atoms with van der Waals surface area (Å²) in [6, 6.07) is 8.87. The molecule has 0 nitrogen and oxygen atoms in total. The molecule has 0 unspecified atom stereocenters. The predicted octanol–water partition coefficient (Wildman–Crippen LogP) is 10.7. The van der Waals surface area contributed by atoms with Crippen molar-refractivity contribution in [1.82, 2.24) is 0 Å². The lowest BCUT2D eigenvalue weighted by molar-refractivity contribution is 0.522. The summed E-state index contributed by atoms with van der Waals surface area (Å²) >= 11 is 0. The summed E-state index contributed by atoms with van der Waals surface area (Å²) in [5.41, 5.74) is 2.70. The zero-order chi connectivity index (χ0) is 21.5. The Kier molecular flexibility index (Phi) is 19.1. The first-order chi connectivity index (χ1) is 14.9. The van der Waals surface area contributed by atoms with Gasteiger partial charge in [-0.2, -0.15) is 0 Å². The molecule has 0 heteroatoms. The van der Waals surface area contributed by atoms with E-state index in [0.717, 1.165) is 0 Å². The molecule has 0 spiro atoms. The van der Waals surface area contributed by atoms with Gasteiger partial charge in [-0.25, -0.2) is 0 Å². The predicted molar refractivity (Wildman–Crippen MR) is 138 cm³/mol. The van der Waals surface area contributed by atoms with Gasteiger partial charge >= 0.3 is 0 Å². The van der Waals surface area contributed by atoms with Gasteiger partial charge in [0.25, 0.3) is 0 Å². The minimum absolute atomic E-state index is 1.22. The van der Waals surface area contributed by atoms with Gasteiger partial charge in [-0.1, -0.05) is 166 Å². The summed E-state index contributed by atoms with van der Waals surface area (Å²) in [7, 11) is 0. The van der Waals surface area contributed by atoms with Gasteiger partial charge in [0.1, 0.15) is 0 Å². The van der Waals surface area contributed by atoms with Crippen LogP contribution in [0.2, 0.25) is 0 Å². The van der Waals surface area contributed by atoms with Gasteiger partial charge in [0.2, 0.25) is 0 Å². The molecule has 0 aromatic heterocycles. The van der Waals surface area contributed by atoms with Gasteiger partial charge in [0.15, 0.2) is 0 Å². The highest BCUT2D eigenvalue weighted by Crippen LogP contribution is 2.15. The molecular formula is C30H52. The number of hydrogen-bond acceptors (Lipinski definition) is 0. The van der Waals surface area contributed by atoms with Crippen LogP contribution in [-0.2, 0) is 6.42 Å². The molecule has 0 bridgehead atoms. The van der Waals surface area contributed by atoms with E-state index in [4.69, 9.17) is 0 Å². The van der Waals surface area contributed by atoms with Crippen LogP contribution in [0.15, 0.2) is 30.8 Å². The highest BCUT2D eigenvalue weighted by molar-refractivity contribution is 5.47. The first kappa shape index (κ1) is 27.0. The maximum absolute atomic E-state index is 3.82. The smallest absolute Gasteiger partial charge is 0.0262 e. The van der Waals surface area contributed by atoms with Crippen LogP contribution >= 0.6 is 0 Å². The monoisotopic (exact) mass is 412 g/mol. The van der Waals surface area contributed by atoms with Gasteiger partial charge in [-0.15, -0.1) is 0 Å². The molecule has 0 fully saturated rings. The second-order valence-electron chi connectivity index (χ2n) is 9.41. The van der Waals surface area contributed by atoms with Gasteiger partial charge in [0.05, 0.1) is 0 Å². The average Bonchev–Trinajstić information content (AvgIpc) is 2.78. The molecule has 0 aliphatic heterocycles. The summed E-state index contributed by atoms with van der Waals surface area (Å²) in [5, 5.41) is 0. The van der Waals surface area contributed by atoms with Crippen molar-refractivity contribution in [3.8, 4) is 0 Å². The van der Waals surface area contributed by atoms with Crippen LogP contribution in [0.3, 0.4) is 0 Å². The Labute approximate surface area is 190 Å². The zero-order valence-corrected chi connectivity index (χ0v) is 20.4. The molecule has 30 heavy (non-hydrogen) atoms. The highest BCUT2D eigenvalue weighted by atomic mass is 14.0. The SMILES string of the molecule is C=Cc1ccc(CCCCCCCCCCCCCCCCCCCCCC)cc1. The second kappa shape index (κ2) is 21.2. The van der Waals surface area contributed by atoms with Crippen LogP contribution in [0.25, 0.3) is 6.08 Å². The van der Waals surface area contributed by atoms with Gasteiger partial charge in [-0.05, 0) is 24.0 Å². The molecule has 1 aromatic rings. The van der Waals surface area contributed by atoms with E-state index < -0.39 is 0 Å². The largest absolute Gasteiger partial charge is 0.0985 e. The number of benzene rings is 1. The fourth-order valence-corrected chi connectivity index (χ4v) is 4.40. The summed E-state index contributed by atoms with van der Waals surface area (Å²) in [4.78, 5) is 0. The molecule has 1 aromatic carbocycles. The molecule has 0 aliphatic rings. The van der Waals surface area contributed by atoms with Crippen LogP contribution in [0.4, 0.5) is 0 Å². The van der Waals surface area contributed by atoms with Crippen LogP contribution < -0.4 is 0 Å². The average molecular weight is 413 g/mol. The maximum Gasteiger partial charge on any atom is -0.0262 e. The summed E-state index contributed by atoms with van der Waals surface area (Å²) in [5.74, 6) is 0. The van der Waals surface area contributed by atoms with E-state index in [9.17, 15) is 0 Å². The van der Waals surface area contributed by atoms with Crippen molar-refractivity contribution < 1.29 is 0 Å². The van der Waals surface area contributed by atoms with Gasteiger partial charge in [0, 0.05) is 0 Å². The minimum Gasteiger partial charge on any atom is -0.0985 e. The topological polar surface area (TPSA) is 0 Å². The third-order valence-electron chi connectivity index (χ3n) is 6.53. The van der Waals surface area contributed by atoms with Gasteiger partial charge in [-0.3, -0.25) is 0 Å². The molecule has 0 amide bonds. The zero-order valence-electron chi connectivity index (χ0n) is 20.4. The van der Waals surface area contributed by atoms with Crippen LogP contribution in [0, 0.1) is 0 Å². The second-order valence-corrected chi connectivity index (χ2v) is 9.41. The quantitative estimate of drug-likeness (QED) is 0.166. The Morgan fingerprint density at radius 2 is 0.833 bits per heavy atom. The maximum atomic E-state index is 3.82. The van der Waals surface area contributed by atoms with E-state index in [2.05, 4.69) is 37.8 Å². The number of unbranched alkanes of at least 4 members (excludes halogenated alkanes) is 19.